The summed E-state index contributed by atoms with van der Waals surface area (Å²) in [6.07, 6.45) is 0. The fourth-order valence-electron chi connectivity index (χ4n) is 1.31. The Hall–Kier alpha value is -1.58. The minimum absolute atomic E-state index is 0.320. The van der Waals surface area contributed by atoms with Crippen LogP contribution in [0.3, 0.4) is 0 Å². The lowest BCUT2D eigenvalue weighted by molar-refractivity contribution is -0.143. The SMILES string of the molecule is CCOC(=O)C(C)Nc1cc(C)ccc1F. The number of nitrogens with one attached hydrogen (secondary N) is 1. The highest BCUT2D eigenvalue weighted by atomic mass is 19.1. The van der Waals surface area contributed by atoms with Crippen LogP contribution in [0, 0.1) is 12.7 Å². The molecule has 0 fully saturated rings. The predicted molar refractivity (Wildman–Crippen MR) is 60.9 cm³/mol. The van der Waals surface area contributed by atoms with E-state index in [1.807, 2.05) is 6.92 Å². The summed E-state index contributed by atoms with van der Waals surface area (Å²) in [5, 5.41) is 2.79. The Morgan fingerprint density at radius 2 is 2.25 bits per heavy atom. The van der Waals surface area contributed by atoms with Crippen LogP contribution in [0.1, 0.15) is 19.4 Å². The van der Waals surface area contributed by atoms with Crippen LogP contribution in [-0.2, 0) is 9.53 Å². The standard InChI is InChI=1S/C12H16FNO2/c1-4-16-12(15)9(3)14-11-7-8(2)5-6-10(11)13/h5-7,9,14H,4H2,1-3H3. The van der Waals surface area contributed by atoms with Crippen molar-refractivity contribution in [2.45, 2.75) is 26.8 Å². The molecule has 0 aromatic heterocycles. The second kappa shape index (κ2) is 5.49. The Labute approximate surface area is 94.6 Å². The fraction of sp³-hybridized carbons (Fsp3) is 0.417. The summed E-state index contributed by atoms with van der Waals surface area (Å²) in [5.74, 6) is -0.759. The lowest BCUT2D eigenvalue weighted by atomic mass is 10.2. The highest BCUT2D eigenvalue weighted by Crippen LogP contribution is 2.16. The maximum absolute atomic E-state index is 13.4. The van der Waals surface area contributed by atoms with Gasteiger partial charge in [0.1, 0.15) is 11.9 Å². The molecule has 0 aliphatic rings. The molecule has 0 aliphatic carbocycles. The Morgan fingerprint density at radius 3 is 2.88 bits per heavy atom. The smallest absolute Gasteiger partial charge is 0.328 e. The van der Waals surface area contributed by atoms with Gasteiger partial charge >= 0.3 is 5.97 Å². The zero-order valence-corrected chi connectivity index (χ0v) is 9.71. The van der Waals surface area contributed by atoms with Crippen LogP contribution in [0.5, 0.6) is 0 Å². The van der Waals surface area contributed by atoms with E-state index in [1.165, 1.54) is 6.07 Å². The van der Waals surface area contributed by atoms with Crippen molar-refractivity contribution in [1.29, 1.82) is 0 Å². The van der Waals surface area contributed by atoms with Crippen molar-refractivity contribution >= 4 is 11.7 Å². The number of hydrogen-bond donors (Lipinski definition) is 1. The average Bonchev–Trinajstić information content (AvgIpc) is 2.23. The van der Waals surface area contributed by atoms with Gasteiger partial charge in [-0.05, 0) is 38.5 Å². The molecule has 0 aliphatic heterocycles. The molecule has 3 nitrogen and oxygen atoms in total. The number of rotatable bonds is 4. The second-order valence-corrected chi connectivity index (χ2v) is 3.60. The molecule has 1 aromatic carbocycles. The molecule has 1 atom stereocenters. The fourth-order valence-corrected chi connectivity index (χ4v) is 1.31. The lowest BCUT2D eigenvalue weighted by Gasteiger charge is -2.14. The molecule has 4 heteroatoms. The van der Waals surface area contributed by atoms with E-state index >= 15 is 0 Å². The molecular formula is C12H16FNO2. The van der Waals surface area contributed by atoms with Crippen molar-refractivity contribution in [3.05, 3.63) is 29.6 Å². The molecule has 88 valence electrons. The molecule has 0 bridgehead atoms. The third kappa shape index (κ3) is 3.22. The van der Waals surface area contributed by atoms with E-state index in [0.717, 1.165) is 5.56 Å². The van der Waals surface area contributed by atoms with E-state index in [1.54, 1.807) is 26.0 Å². The first-order valence-corrected chi connectivity index (χ1v) is 5.24. The number of anilines is 1. The quantitative estimate of drug-likeness (QED) is 0.800. The minimum atomic E-state index is -0.559. The zero-order valence-electron chi connectivity index (χ0n) is 9.71. The van der Waals surface area contributed by atoms with Crippen LogP contribution in [0.15, 0.2) is 18.2 Å². The monoisotopic (exact) mass is 225 g/mol. The summed E-state index contributed by atoms with van der Waals surface area (Å²) in [5.41, 5.74) is 1.25. The minimum Gasteiger partial charge on any atom is -0.464 e. The highest BCUT2D eigenvalue weighted by molar-refractivity contribution is 5.78. The number of hydrogen-bond acceptors (Lipinski definition) is 3. The second-order valence-electron chi connectivity index (χ2n) is 3.60. The molecule has 1 aromatic rings. The topological polar surface area (TPSA) is 38.3 Å². The number of aryl methyl sites for hydroxylation is 1. The van der Waals surface area contributed by atoms with Gasteiger partial charge in [-0.2, -0.15) is 0 Å². The summed E-state index contributed by atoms with van der Waals surface area (Å²) >= 11 is 0. The summed E-state index contributed by atoms with van der Waals surface area (Å²) in [6, 6.07) is 4.15. The van der Waals surface area contributed by atoms with Gasteiger partial charge in [0.2, 0.25) is 0 Å². The first kappa shape index (κ1) is 12.5. The van der Waals surface area contributed by atoms with Crippen LogP contribution < -0.4 is 5.32 Å². The van der Waals surface area contributed by atoms with Gasteiger partial charge in [-0.15, -0.1) is 0 Å². The Kier molecular flexibility index (Phi) is 4.28. The van der Waals surface area contributed by atoms with Crippen molar-refractivity contribution in [3.8, 4) is 0 Å². The number of carbonyl (C=O) groups is 1. The number of ether oxygens (including phenoxy) is 1. The number of benzene rings is 1. The van der Waals surface area contributed by atoms with Gasteiger partial charge in [0.15, 0.2) is 0 Å². The molecule has 1 rings (SSSR count). The van der Waals surface area contributed by atoms with Crippen molar-refractivity contribution in [2.24, 2.45) is 0 Å². The molecule has 0 radical (unpaired) electrons. The van der Waals surface area contributed by atoms with E-state index in [0.29, 0.717) is 12.3 Å². The summed E-state index contributed by atoms with van der Waals surface area (Å²) in [7, 11) is 0. The maximum atomic E-state index is 13.4. The predicted octanol–water partition coefficient (Wildman–Crippen LogP) is 2.50. The summed E-state index contributed by atoms with van der Waals surface area (Å²) in [6.45, 7) is 5.55. The third-order valence-electron chi connectivity index (χ3n) is 2.13. The van der Waals surface area contributed by atoms with Crippen LogP contribution in [0.4, 0.5) is 10.1 Å². The van der Waals surface area contributed by atoms with Crippen molar-refractivity contribution in [1.82, 2.24) is 0 Å². The van der Waals surface area contributed by atoms with Gasteiger partial charge in [0.25, 0.3) is 0 Å². The molecular weight excluding hydrogens is 209 g/mol. The average molecular weight is 225 g/mol. The van der Waals surface area contributed by atoms with E-state index in [2.05, 4.69) is 5.32 Å². The van der Waals surface area contributed by atoms with Gasteiger partial charge in [-0.3, -0.25) is 0 Å². The zero-order chi connectivity index (χ0) is 12.1. The molecule has 1 N–H and O–H groups in total. The highest BCUT2D eigenvalue weighted by Gasteiger charge is 2.15. The van der Waals surface area contributed by atoms with Crippen LogP contribution >= 0.6 is 0 Å². The van der Waals surface area contributed by atoms with Crippen LogP contribution in [0.2, 0.25) is 0 Å². The lowest BCUT2D eigenvalue weighted by Crippen LogP contribution is -2.28. The third-order valence-corrected chi connectivity index (χ3v) is 2.13. The molecule has 16 heavy (non-hydrogen) atoms. The Bertz CT molecular complexity index is 379. The Balaban J connectivity index is 2.72. The first-order valence-electron chi connectivity index (χ1n) is 5.24. The van der Waals surface area contributed by atoms with Crippen LogP contribution in [-0.4, -0.2) is 18.6 Å². The van der Waals surface area contributed by atoms with Gasteiger partial charge < -0.3 is 10.1 Å². The van der Waals surface area contributed by atoms with Gasteiger partial charge in [-0.1, -0.05) is 6.07 Å². The number of halogens is 1. The van der Waals surface area contributed by atoms with Gasteiger partial charge in [-0.25, -0.2) is 9.18 Å². The molecule has 0 heterocycles. The van der Waals surface area contributed by atoms with E-state index in [9.17, 15) is 9.18 Å². The number of esters is 1. The van der Waals surface area contributed by atoms with E-state index in [4.69, 9.17) is 4.74 Å². The van der Waals surface area contributed by atoms with Crippen LogP contribution in [0.25, 0.3) is 0 Å². The maximum Gasteiger partial charge on any atom is 0.328 e. The summed E-state index contributed by atoms with van der Waals surface area (Å²) in [4.78, 5) is 11.3. The Morgan fingerprint density at radius 1 is 1.56 bits per heavy atom. The molecule has 0 saturated carbocycles. The first-order chi connectivity index (χ1) is 7.54. The van der Waals surface area contributed by atoms with Crippen molar-refractivity contribution in [3.63, 3.8) is 0 Å². The van der Waals surface area contributed by atoms with E-state index in [-0.39, 0.29) is 11.8 Å². The normalized spacial score (nSPS) is 12.0. The van der Waals surface area contributed by atoms with Gasteiger partial charge in [0.05, 0.1) is 12.3 Å². The van der Waals surface area contributed by atoms with Crippen molar-refractivity contribution in [2.75, 3.05) is 11.9 Å². The van der Waals surface area contributed by atoms with Crippen molar-refractivity contribution < 1.29 is 13.9 Å². The molecule has 0 amide bonds. The molecule has 0 spiro atoms. The van der Waals surface area contributed by atoms with Gasteiger partial charge in [0, 0.05) is 0 Å². The molecule has 0 saturated heterocycles. The molecule has 1 unspecified atom stereocenters. The van der Waals surface area contributed by atoms with E-state index < -0.39 is 6.04 Å². The number of carbonyl (C=O) groups excluding carboxylic acids is 1. The largest absolute Gasteiger partial charge is 0.464 e. The summed E-state index contributed by atoms with van der Waals surface area (Å²) < 4.78 is 18.2.